The van der Waals surface area contributed by atoms with Crippen molar-refractivity contribution in [1.82, 2.24) is 0 Å². The zero-order valence-electron chi connectivity index (χ0n) is 11.0. The molecule has 0 N–H and O–H groups in total. The van der Waals surface area contributed by atoms with Gasteiger partial charge in [0.15, 0.2) is 0 Å². The quantitative estimate of drug-likeness (QED) is 0.706. The van der Waals surface area contributed by atoms with Crippen molar-refractivity contribution in [2.24, 2.45) is 0 Å². The van der Waals surface area contributed by atoms with E-state index in [1.54, 1.807) is 0 Å². The molecule has 0 unspecified atom stereocenters. The van der Waals surface area contributed by atoms with E-state index < -0.39 is 0 Å². The van der Waals surface area contributed by atoms with Crippen LogP contribution in [-0.2, 0) is 0 Å². The lowest BCUT2D eigenvalue weighted by Gasteiger charge is -2.06. The van der Waals surface area contributed by atoms with Crippen LogP contribution in [0.3, 0.4) is 0 Å². The molecule has 1 heteroatoms. The third kappa shape index (κ3) is 3.30. The third-order valence-electron chi connectivity index (χ3n) is 2.82. The van der Waals surface area contributed by atoms with Gasteiger partial charge in [-0.2, -0.15) is 0 Å². The molecule has 0 saturated carbocycles. The van der Waals surface area contributed by atoms with Crippen LogP contribution >= 0.6 is 0 Å². The van der Waals surface area contributed by atoms with E-state index in [-0.39, 0.29) is 9.52 Å². The largest absolute Gasteiger partial charge is 0.103 e. The van der Waals surface area contributed by atoms with E-state index in [4.69, 9.17) is 0 Å². The Kier molecular flexibility index (Phi) is 3.48. The van der Waals surface area contributed by atoms with Gasteiger partial charge in [0.2, 0.25) is 0 Å². The van der Waals surface area contributed by atoms with Gasteiger partial charge in [0.25, 0.3) is 0 Å². The van der Waals surface area contributed by atoms with Gasteiger partial charge in [-0.15, -0.1) is 0 Å². The van der Waals surface area contributed by atoms with Crippen LogP contribution in [0.25, 0.3) is 0 Å². The highest BCUT2D eigenvalue weighted by Gasteiger charge is 2.01. The molecule has 0 amide bonds. The fraction of sp³-hybridized carbons (Fsp3) is 0.250. The van der Waals surface area contributed by atoms with E-state index in [0.717, 1.165) is 0 Å². The van der Waals surface area contributed by atoms with E-state index >= 15 is 0 Å². The van der Waals surface area contributed by atoms with Gasteiger partial charge in [-0.1, -0.05) is 69.0 Å². The van der Waals surface area contributed by atoms with Crippen LogP contribution in [0.1, 0.15) is 22.3 Å². The lowest BCUT2D eigenvalue weighted by atomic mass is 10.2. The van der Waals surface area contributed by atoms with Crippen LogP contribution in [0.5, 0.6) is 0 Å². The molecule has 0 aliphatic heterocycles. The van der Waals surface area contributed by atoms with Gasteiger partial charge in [-0.25, -0.2) is 0 Å². The van der Waals surface area contributed by atoms with Gasteiger partial charge >= 0.3 is 0 Å². The average molecular weight is 239 g/mol. The Labute approximate surface area is 107 Å². The summed E-state index contributed by atoms with van der Waals surface area (Å²) in [6.45, 7) is 8.71. The molecule has 0 heterocycles. The maximum absolute atomic E-state index is 2.32. The van der Waals surface area contributed by atoms with Gasteiger partial charge in [0.1, 0.15) is 9.52 Å². The topological polar surface area (TPSA) is 0 Å². The maximum Gasteiger partial charge on any atom is 0.103 e. The van der Waals surface area contributed by atoms with Crippen LogP contribution in [0.4, 0.5) is 0 Å². The van der Waals surface area contributed by atoms with Crippen molar-refractivity contribution in [2.75, 3.05) is 0 Å². The van der Waals surface area contributed by atoms with Gasteiger partial charge in [-0.3, -0.25) is 0 Å². The summed E-state index contributed by atoms with van der Waals surface area (Å²) < 4.78 is 0. The van der Waals surface area contributed by atoms with E-state index in [9.17, 15) is 0 Å². The first-order valence-electron chi connectivity index (χ1n) is 6.04. The fourth-order valence-corrected chi connectivity index (χ4v) is 4.15. The predicted molar refractivity (Wildman–Crippen MR) is 78.2 cm³/mol. The minimum atomic E-state index is 0.221. The summed E-state index contributed by atoms with van der Waals surface area (Å²) in [6.07, 6.45) is 0. The molecular weight excluding hydrogens is 220 g/mol. The second-order valence-corrected chi connectivity index (χ2v) is 6.61. The zero-order chi connectivity index (χ0) is 12.4. The van der Waals surface area contributed by atoms with Gasteiger partial charge in [-0.05, 0) is 27.7 Å². The minimum Gasteiger partial charge on any atom is -0.0602 e. The number of rotatable bonds is 2. The van der Waals surface area contributed by atoms with E-state index in [0.29, 0.717) is 0 Å². The normalized spacial score (nSPS) is 10.6. The standard InChI is InChI=1S/C16H19Si/c1-11-5-12(2)8-15(7-11)17-16-9-13(3)6-14(4)10-16/h5-10,17H,1-4H3. The summed E-state index contributed by atoms with van der Waals surface area (Å²) in [5, 5.41) is 2.99. The van der Waals surface area contributed by atoms with Crippen molar-refractivity contribution in [2.45, 2.75) is 27.7 Å². The highest BCUT2D eigenvalue weighted by Crippen LogP contribution is 2.02. The molecule has 0 nitrogen and oxygen atoms in total. The first kappa shape index (κ1) is 12.1. The monoisotopic (exact) mass is 239 g/mol. The minimum absolute atomic E-state index is 0.221. The lowest BCUT2D eigenvalue weighted by Crippen LogP contribution is -2.27. The Morgan fingerprint density at radius 3 is 1.12 bits per heavy atom. The van der Waals surface area contributed by atoms with Crippen molar-refractivity contribution in [3.05, 3.63) is 58.7 Å². The molecule has 0 aliphatic carbocycles. The van der Waals surface area contributed by atoms with E-state index in [2.05, 4.69) is 64.1 Å². The zero-order valence-corrected chi connectivity index (χ0v) is 12.2. The molecule has 0 atom stereocenters. The molecule has 0 saturated heterocycles. The lowest BCUT2D eigenvalue weighted by molar-refractivity contribution is 1.40. The molecule has 2 rings (SSSR count). The van der Waals surface area contributed by atoms with Gasteiger partial charge in [0.05, 0.1) is 0 Å². The Morgan fingerprint density at radius 2 is 0.824 bits per heavy atom. The average Bonchev–Trinajstić information content (AvgIpc) is 2.13. The molecule has 2 aromatic carbocycles. The third-order valence-corrected chi connectivity index (χ3v) is 4.15. The summed E-state index contributed by atoms with van der Waals surface area (Å²) in [5.41, 5.74) is 5.49. The first-order valence-corrected chi connectivity index (χ1v) is 7.20. The molecule has 0 fully saturated rings. The molecule has 17 heavy (non-hydrogen) atoms. The van der Waals surface area contributed by atoms with E-state index in [1.807, 2.05) is 0 Å². The Balaban J connectivity index is 2.31. The maximum atomic E-state index is 2.32. The van der Waals surface area contributed by atoms with Crippen molar-refractivity contribution in [3.63, 3.8) is 0 Å². The Bertz CT molecular complexity index is 451. The Hall–Kier alpha value is -1.34. The number of hydrogen-bond donors (Lipinski definition) is 0. The summed E-state index contributed by atoms with van der Waals surface area (Å²) in [7, 11) is 0.221. The number of benzene rings is 2. The van der Waals surface area contributed by atoms with Crippen LogP contribution in [0.2, 0.25) is 0 Å². The molecular formula is C16H19Si. The van der Waals surface area contributed by atoms with Gasteiger partial charge in [0, 0.05) is 0 Å². The van der Waals surface area contributed by atoms with E-state index in [1.165, 1.54) is 32.6 Å². The fourth-order valence-electron chi connectivity index (χ4n) is 2.38. The van der Waals surface area contributed by atoms with Crippen LogP contribution in [-0.4, -0.2) is 9.52 Å². The van der Waals surface area contributed by atoms with Crippen molar-refractivity contribution < 1.29 is 0 Å². The predicted octanol–water partition coefficient (Wildman–Crippen LogP) is 2.31. The van der Waals surface area contributed by atoms with Crippen molar-refractivity contribution in [1.29, 1.82) is 0 Å². The highest BCUT2D eigenvalue weighted by molar-refractivity contribution is 6.67. The molecule has 0 bridgehead atoms. The molecule has 0 aliphatic rings. The second kappa shape index (κ2) is 4.88. The summed E-state index contributed by atoms with van der Waals surface area (Å²) in [4.78, 5) is 0. The molecule has 87 valence electrons. The SMILES string of the molecule is Cc1cc(C)cc([SiH]c2cc(C)cc(C)c2)c1. The number of aryl methyl sites for hydroxylation is 4. The van der Waals surface area contributed by atoms with Crippen molar-refractivity contribution in [3.8, 4) is 0 Å². The summed E-state index contributed by atoms with van der Waals surface area (Å²) in [6, 6.07) is 13.8. The summed E-state index contributed by atoms with van der Waals surface area (Å²) >= 11 is 0. The van der Waals surface area contributed by atoms with Crippen molar-refractivity contribution >= 4 is 19.9 Å². The first-order chi connectivity index (χ1) is 8.02. The van der Waals surface area contributed by atoms with Gasteiger partial charge < -0.3 is 0 Å². The molecule has 0 spiro atoms. The van der Waals surface area contributed by atoms with Crippen LogP contribution in [0, 0.1) is 27.7 Å². The van der Waals surface area contributed by atoms with Crippen LogP contribution < -0.4 is 10.4 Å². The second-order valence-electron chi connectivity index (χ2n) is 4.99. The smallest absolute Gasteiger partial charge is 0.0602 e. The Morgan fingerprint density at radius 1 is 0.529 bits per heavy atom. The molecule has 2 aromatic rings. The van der Waals surface area contributed by atoms with Crippen LogP contribution in [0.15, 0.2) is 36.4 Å². The molecule has 0 aromatic heterocycles. The summed E-state index contributed by atoms with van der Waals surface area (Å²) in [5.74, 6) is 0. The number of hydrogen-bond acceptors (Lipinski definition) is 0. The highest BCUT2D eigenvalue weighted by atomic mass is 28.2. The molecule has 1 radical (unpaired) electrons.